The fourth-order valence-electron chi connectivity index (χ4n) is 3.95. The quantitative estimate of drug-likeness (QED) is 0.141. The van der Waals surface area contributed by atoms with Crippen LogP contribution in [0.1, 0.15) is 28.7 Å². The Labute approximate surface area is 240 Å². The van der Waals surface area contributed by atoms with Gasteiger partial charge in [0.2, 0.25) is 5.91 Å². The van der Waals surface area contributed by atoms with Gasteiger partial charge >= 0.3 is 0 Å². The summed E-state index contributed by atoms with van der Waals surface area (Å²) in [6.07, 6.45) is 0. The molecule has 2 amide bonds. The molecule has 0 aliphatic rings. The summed E-state index contributed by atoms with van der Waals surface area (Å²) in [6, 6.07) is 18.6. The number of rotatable bonds is 12. The molecule has 3 aromatic carbocycles. The third kappa shape index (κ3) is 7.19. The summed E-state index contributed by atoms with van der Waals surface area (Å²) in [5.74, 6) is 1.11. The monoisotopic (exact) mass is 576 g/mol. The highest BCUT2D eigenvalue weighted by Crippen LogP contribution is 2.25. The van der Waals surface area contributed by atoms with Crippen molar-refractivity contribution in [3.05, 3.63) is 93.8 Å². The lowest BCUT2D eigenvalue weighted by molar-refractivity contribution is -0.385. The van der Waals surface area contributed by atoms with E-state index in [9.17, 15) is 19.7 Å². The summed E-state index contributed by atoms with van der Waals surface area (Å²) in [7, 11) is 1.57. The summed E-state index contributed by atoms with van der Waals surface area (Å²) < 4.78 is 12.4. The number of benzene rings is 3. The van der Waals surface area contributed by atoms with Crippen LogP contribution in [0.5, 0.6) is 11.5 Å². The molecule has 0 fully saturated rings. The number of ether oxygens (including phenoxy) is 2. The Morgan fingerprint density at radius 3 is 2.39 bits per heavy atom. The van der Waals surface area contributed by atoms with Crippen molar-refractivity contribution in [1.82, 2.24) is 20.1 Å². The van der Waals surface area contributed by atoms with Gasteiger partial charge in [-0.3, -0.25) is 24.3 Å². The van der Waals surface area contributed by atoms with E-state index < -0.39 is 10.8 Å². The van der Waals surface area contributed by atoms with Gasteiger partial charge in [-0.15, -0.1) is 10.2 Å². The third-order valence-corrected chi connectivity index (χ3v) is 6.89. The van der Waals surface area contributed by atoms with E-state index >= 15 is 0 Å². The van der Waals surface area contributed by atoms with E-state index in [0.29, 0.717) is 40.5 Å². The molecule has 12 nitrogen and oxygen atoms in total. The first-order chi connectivity index (χ1) is 19.8. The number of thioether (sulfide) groups is 1. The van der Waals surface area contributed by atoms with Crippen molar-refractivity contribution in [3.8, 4) is 17.2 Å². The molecule has 0 unspecified atom stereocenters. The van der Waals surface area contributed by atoms with E-state index in [1.165, 1.54) is 36.9 Å². The van der Waals surface area contributed by atoms with E-state index in [1.807, 2.05) is 19.1 Å². The van der Waals surface area contributed by atoms with E-state index in [0.717, 1.165) is 0 Å². The summed E-state index contributed by atoms with van der Waals surface area (Å²) in [5, 5.41) is 25.9. The van der Waals surface area contributed by atoms with Gasteiger partial charge in [0.15, 0.2) is 11.0 Å². The summed E-state index contributed by atoms with van der Waals surface area (Å²) in [5.41, 5.74) is 1.65. The van der Waals surface area contributed by atoms with Crippen molar-refractivity contribution in [2.45, 2.75) is 25.5 Å². The number of nitrogens with one attached hydrogen (secondary N) is 2. The van der Waals surface area contributed by atoms with Crippen molar-refractivity contribution >= 4 is 35.0 Å². The number of hydrogen-bond acceptors (Lipinski definition) is 9. The molecule has 1 aromatic heterocycles. The fraction of sp³-hybridized carbons (Fsp3) is 0.214. The number of nitrogens with zero attached hydrogens (tertiary/aromatic N) is 4. The summed E-state index contributed by atoms with van der Waals surface area (Å²) >= 11 is 1.18. The minimum Gasteiger partial charge on any atom is -0.497 e. The number of amides is 2. The van der Waals surface area contributed by atoms with Gasteiger partial charge in [0.25, 0.3) is 11.6 Å². The molecule has 0 atom stereocenters. The normalized spacial score (nSPS) is 10.6. The van der Waals surface area contributed by atoms with Gasteiger partial charge in [0, 0.05) is 28.6 Å². The minimum absolute atomic E-state index is 0.0141. The molecule has 212 valence electrons. The standard InChI is InChI=1S/C28H28N6O6S/c1-4-40-22-14-10-20(11-15-22)33-25(16-29-27(36)23-6-5-7-24(18(23)2)34(37)38)31-32-28(33)41-17-26(35)30-19-8-12-21(39-3)13-9-19/h5-15H,4,16-17H2,1-3H3,(H,29,36)(H,30,35). The second-order valence-corrected chi connectivity index (χ2v) is 9.56. The van der Waals surface area contributed by atoms with Crippen LogP contribution in [0.4, 0.5) is 11.4 Å². The number of nitro groups is 1. The smallest absolute Gasteiger partial charge is 0.273 e. The maximum atomic E-state index is 12.9. The van der Waals surface area contributed by atoms with E-state index in [4.69, 9.17) is 9.47 Å². The third-order valence-electron chi connectivity index (χ3n) is 5.97. The molecule has 0 saturated heterocycles. The fourth-order valence-corrected chi connectivity index (χ4v) is 4.72. The van der Waals surface area contributed by atoms with Crippen molar-refractivity contribution in [3.63, 3.8) is 0 Å². The van der Waals surface area contributed by atoms with Crippen molar-refractivity contribution < 1.29 is 24.0 Å². The highest BCUT2D eigenvalue weighted by atomic mass is 32.2. The van der Waals surface area contributed by atoms with Gasteiger partial charge in [-0.05, 0) is 68.4 Å². The lowest BCUT2D eigenvalue weighted by Gasteiger charge is -2.12. The number of carbonyl (C=O) groups is 2. The zero-order chi connectivity index (χ0) is 29.4. The van der Waals surface area contributed by atoms with Crippen molar-refractivity contribution in [2.75, 3.05) is 24.8 Å². The molecular formula is C28H28N6O6S. The molecule has 2 N–H and O–H groups in total. The predicted octanol–water partition coefficient (Wildman–Crippen LogP) is 4.55. The second-order valence-electron chi connectivity index (χ2n) is 8.62. The van der Waals surface area contributed by atoms with E-state index in [-0.39, 0.29) is 35.0 Å². The maximum Gasteiger partial charge on any atom is 0.273 e. The van der Waals surface area contributed by atoms with Gasteiger partial charge < -0.3 is 20.1 Å². The topological polar surface area (TPSA) is 151 Å². The Bertz CT molecular complexity index is 1540. The average Bonchev–Trinajstić information content (AvgIpc) is 3.38. The molecule has 0 bridgehead atoms. The zero-order valence-corrected chi connectivity index (χ0v) is 23.4. The second kappa shape index (κ2) is 13.4. The van der Waals surface area contributed by atoms with Gasteiger partial charge in [-0.25, -0.2) is 0 Å². The summed E-state index contributed by atoms with van der Waals surface area (Å²) in [6.45, 7) is 3.93. The molecule has 0 saturated carbocycles. The van der Waals surface area contributed by atoms with Crippen molar-refractivity contribution in [2.24, 2.45) is 0 Å². The van der Waals surface area contributed by atoms with E-state index in [2.05, 4.69) is 20.8 Å². The van der Waals surface area contributed by atoms with Crippen LogP contribution in [0.15, 0.2) is 71.9 Å². The number of hydrogen-bond donors (Lipinski definition) is 2. The van der Waals surface area contributed by atoms with E-state index in [1.54, 1.807) is 48.1 Å². The summed E-state index contributed by atoms with van der Waals surface area (Å²) in [4.78, 5) is 36.4. The highest BCUT2D eigenvalue weighted by Gasteiger charge is 2.20. The number of anilines is 1. The first-order valence-corrected chi connectivity index (χ1v) is 13.6. The largest absolute Gasteiger partial charge is 0.497 e. The Balaban J connectivity index is 1.53. The van der Waals surface area contributed by atoms with Gasteiger partial charge in [-0.1, -0.05) is 17.8 Å². The first kappa shape index (κ1) is 29.1. The Morgan fingerprint density at radius 1 is 1.02 bits per heavy atom. The van der Waals surface area contributed by atoms with Crippen LogP contribution in [0.2, 0.25) is 0 Å². The molecule has 1 heterocycles. The number of methoxy groups -OCH3 is 1. The number of carbonyl (C=O) groups excluding carboxylic acids is 2. The average molecular weight is 577 g/mol. The lowest BCUT2D eigenvalue weighted by Crippen LogP contribution is -2.25. The Kier molecular flexibility index (Phi) is 9.53. The van der Waals surface area contributed by atoms with Gasteiger partial charge in [0.05, 0.1) is 30.9 Å². The molecule has 13 heteroatoms. The first-order valence-electron chi connectivity index (χ1n) is 12.6. The zero-order valence-electron chi connectivity index (χ0n) is 22.6. The Hall–Kier alpha value is -4.91. The highest BCUT2D eigenvalue weighted by molar-refractivity contribution is 7.99. The maximum absolute atomic E-state index is 12.9. The number of aromatic nitrogens is 3. The molecular weight excluding hydrogens is 548 g/mol. The molecule has 41 heavy (non-hydrogen) atoms. The number of nitro benzene ring substituents is 1. The minimum atomic E-state index is -0.525. The van der Waals surface area contributed by atoms with Crippen LogP contribution in [-0.4, -0.2) is 51.0 Å². The van der Waals surface area contributed by atoms with Crippen LogP contribution in [0, 0.1) is 17.0 Å². The molecule has 0 aliphatic heterocycles. The van der Waals surface area contributed by atoms with Crippen LogP contribution in [0.25, 0.3) is 5.69 Å². The van der Waals surface area contributed by atoms with Crippen LogP contribution >= 0.6 is 11.8 Å². The Morgan fingerprint density at radius 2 is 1.73 bits per heavy atom. The molecule has 0 radical (unpaired) electrons. The van der Waals surface area contributed by atoms with Crippen LogP contribution in [0.3, 0.4) is 0 Å². The van der Waals surface area contributed by atoms with Gasteiger partial charge in [0.1, 0.15) is 11.5 Å². The van der Waals surface area contributed by atoms with Crippen LogP contribution in [-0.2, 0) is 11.3 Å². The van der Waals surface area contributed by atoms with Crippen LogP contribution < -0.4 is 20.1 Å². The predicted molar refractivity (Wildman–Crippen MR) is 154 cm³/mol. The molecule has 0 spiro atoms. The molecule has 4 rings (SSSR count). The van der Waals surface area contributed by atoms with Gasteiger partial charge in [-0.2, -0.15) is 0 Å². The molecule has 0 aliphatic carbocycles. The van der Waals surface area contributed by atoms with Crippen molar-refractivity contribution in [1.29, 1.82) is 0 Å². The molecule has 4 aromatic rings. The lowest BCUT2D eigenvalue weighted by atomic mass is 10.1. The SMILES string of the molecule is CCOc1ccc(-n2c(CNC(=O)c3cccc([N+](=O)[O-])c3C)nnc2SCC(=O)Nc2ccc(OC)cc2)cc1.